The Morgan fingerprint density at radius 2 is 2.38 bits per heavy atom. The van der Waals surface area contributed by atoms with Crippen LogP contribution in [0.4, 0.5) is 11.4 Å². The predicted molar refractivity (Wildman–Crippen MR) is 66.6 cm³/mol. The molecule has 0 saturated heterocycles. The van der Waals surface area contributed by atoms with E-state index in [1.165, 1.54) is 6.07 Å². The lowest BCUT2D eigenvalue weighted by atomic mass is 10.2. The number of hydrogen-bond acceptors (Lipinski definition) is 3. The van der Waals surface area contributed by atoms with E-state index in [0.717, 1.165) is 17.3 Å². The maximum Gasteiger partial charge on any atom is 0.292 e. The highest BCUT2D eigenvalue weighted by molar-refractivity contribution is 9.10. The molecule has 2 rings (SSSR count). The third kappa shape index (κ3) is 2.35. The molecule has 0 bridgehead atoms. The molecule has 1 aliphatic rings. The fourth-order valence-corrected chi connectivity index (χ4v) is 2.22. The SMILES string of the molecule is CCC1CC1Nc1cc(Br)ccc1[N+](=O)[O-]. The zero-order chi connectivity index (χ0) is 11.7. The van der Waals surface area contributed by atoms with E-state index in [9.17, 15) is 10.1 Å². The average molecular weight is 285 g/mol. The molecule has 5 heteroatoms. The summed E-state index contributed by atoms with van der Waals surface area (Å²) in [5.74, 6) is 0.665. The molecule has 0 radical (unpaired) electrons. The Hall–Kier alpha value is -1.10. The number of nitrogens with one attached hydrogen (secondary N) is 1. The second-order valence-corrected chi connectivity index (χ2v) is 4.99. The number of halogens is 1. The van der Waals surface area contributed by atoms with E-state index in [1.54, 1.807) is 12.1 Å². The first-order valence-corrected chi connectivity index (χ1v) is 6.11. The Morgan fingerprint density at radius 1 is 1.62 bits per heavy atom. The Balaban J connectivity index is 2.18. The number of nitrogens with zero attached hydrogens (tertiary/aromatic N) is 1. The minimum atomic E-state index is -0.349. The summed E-state index contributed by atoms with van der Waals surface area (Å²) in [6.45, 7) is 2.14. The van der Waals surface area contributed by atoms with Crippen molar-refractivity contribution in [2.75, 3.05) is 5.32 Å². The third-order valence-electron chi connectivity index (χ3n) is 2.94. The first-order chi connectivity index (χ1) is 7.61. The second kappa shape index (κ2) is 4.41. The van der Waals surface area contributed by atoms with Crippen LogP contribution >= 0.6 is 15.9 Å². The summed E-state index contributed by atoms with van der Waals surface area (Å²) in [4.78, 5) is 10.5. The molecule has 1 aromatic rings. The topological polar surface area (TPSA) is 55.2 Å². The van der Waals surface area contributed by atoms with Crippen molar-refractivity contribution < 1.29 is 4.92 Å². The van der Waals surface area contributed by atoms with Gasteiger partial charge in [0.1, 0.15) is 5.69 Å². The molecule has 0 heterocycles. The van der Waals surface area contributed by atoms with Gasteiger partial charge in [0.05, 0.1) is 4.92 Å². The minimum Gasteiger partial charge on any atom is -0.376 e. The summed E-state index contributed by atoms with van der Waals surface area (Å²) in [7, 11) is 0. The third-order valence-corrected chi connectivity index (χ3v) is 3.44. The van der Waals surface area contributed by atoms with Crippen LogP contribution in [0.1, 0.15) is 19.8 Å². The lowest BCUT2D eigenvalue weighted by Crippen LogP contribution is -2.06. The molecule has 1 aliphatic carbocycles. The molecule has 86 valence electrons. The Labute approximate surface area is 102 Å². The van der Waals surface area contributed by atoms with Crippen LogP contribution in [-0.4, -0.2) is 11.0 Å². The van der Waals surface area contributed by atoms with Gasteiger partial charge in [0.2, 0.25) is 0 Å². The number of nitro benzene ring substituents is 1. The molecule has 1 fully saturated rings. The molecular weight excluding hydrogens is 272 g/mol. The molecule has 2 atom stereocenters. The first-order valence-electron chi connectivity index (χ1n) is 5.32. The molecule has 0 amide bonds. The highest BCUT2D eigenvalue weighted by Gasteiger charge is 2.36. The van der Waals surface area contributed by atoms with Crippen molar-refractivity contribution >= 4 is 27.3 Å². The van der Waals surface area contributed by atoms with Gasteiger partial charge in [-0.05, 0) is 24.5 Å². The zero-order valence-electron chi connectivity index (χ0n) is 8.94. The second-order valence-electron chi connectivity index (χ2n) is 4.07. The molecule has 0 aliphatic heterocycles. The average Bonchev–Trinajstić information content (AvgIpc) is 2.96. The number of benzene rings is 1. The highest BCUT2D eigenvalue weighted by Crippen LogP contribution is 2.38. The summed E-state index contributed by atoms with van der Waals surface area (Å²) in [5.41, 5.74) is 0.755. The van der Waals surface area contributed by atoms with Gasteiger partial charge in [-0.25, -0.2) is 0 Å². The molecule has 1 N–H and O–H groups in total. The predicted octanol–water partition coefficient (Wildman–Crippen LogP) is 3.57. The van der Waals surface area contributed by atoms with E-state index >= 15 is 0 Å². The summed E-state index contributed by atoms with van der Waals surface area (Å²) in [5, 5.41) is 14.1. The van der Waals surface area contributed by atoms with Crippen LogP contribution in [0.15, 0.2) is 22.7 Å². The van der Waals surface area contributed by atoms with Crippen molar-refractivity contribution in [1.82, 2.24) is 0 Å². The first kappa shape index (κ1) is 11.4. The maximum atomic E-state index is 10.8. The van der Waals surface area contributed by atoms with Gasteiger partial charge in [-0.2, -0.15) is 0 Å². The quantitative estimate of drug-likeness (QED) is 0.679. The normalized spacial score (nSPS) is 22.9. The van der Waals surface area contributed by atoms with Gasteiger partial charge in [-0.1, -0.05) is 29.3 Å². The van der Waals surface area contributed by atoms with E-state index in [-0.39, 0.29) is 10.6 Å². The van der Waals surface area contributed by atoms with Crippen molar-refractivity contribution in [3.8, 4) is 0 Å². The molecular formula is C11H13BrN2O2. The molecule has 4 nitrogen and oxygen atoms in total. The molecule has 0 spiro atoms. The number of hydrogen-bond donors (Lipinski definition) is 1. The van der Waals surface area contributed by atoms with Crippen LogP contribution in [0.3, 0.4) is 0 Å². The zero-order valence-corrected chi connectivity index (χ0v) is 10.5. The fraction of sp³-hybridized carbons (Fsp3) is 0.455. The maximum absolute atomic E-state index is 10.8. The van der Waals surface area contributed by atoms with Gasteiger partial charge >= 0.3 is 0 Å². The van der Waals surface area contributed by atoms with Crippen LogP contribution in [0, 0.1) is 16.0 Å². The molecule has 16 heavy (non-hydrogen) atoms. The summed E-state index contributed by atoms with van der Waals surface area (Å²) < 4.78 is 0.856. The molecule has 0 aromatic heterocycles. The van der Waals surface area contributed by atoms with E-state index in [0.29, 0.717) is 17.6 Å². The lowest BCUT2D eigenvalue weighted by molar-refractivity contribution is -0.384. The van der Waals surface area contributed by atoms with Gasteiger partial charge in [0, 0.05) is 16.6 Å². The summed E-state index contributed by atoms with van der Waals surface area (Å²) in [6, 6.07) is 5.38. The Morgan fingerprint density at radius 3 is 2.94 bits per heavy atom. The minimum absolute atomic E-state index is 0.143. The standard InChI is InChI=1S/C11H13BrN2O2/c1-2-7-5-9(7)13-10-6-8(12)3-4-11(10)14(15)16/h3-4,6-7,9,13H,2,5H2,1H3. The van der Waals surface area contributed by atoms with E-state index < -0.39 is 0 Å². The van der Waals surface area contributed by atoms with Crippen LogP contribution in [0.5, 0.6) is 0 Å². The van der Waals surface area contributed by atoms with Gasteiger partial charge in [-0.15, -0.1) is 0 Å². The largest absolute Gasteiger partial charge is 0.376 e. The van der Waals surface area contributed by atoms with Crippen molar-refractivity contribution in [3.63, 3.8) is 0 Å². The van der Waals surface area contributed by atoms with Gasteiger partial charge < -0.3 is 5.32 Å². The Kier molecular flexibility index (Phi) is 3.14. The van der Waals surface area contributed by atoms with Crippen LogP contribution in [-0.2, 0) is 0 Å². The number of rotatable bonds is 4. The summed E-state index contributed by atoms with van der Waals surface area (Å²) in [6.07, 6.45) is 2.24. The molecule has 1 saturated carbocycles. The smallest absolute Gasteiger partial charge is 0.292 e. The van der Waals surface area contributed by atoms with Crippen molar-refractivity contribution in [2.45, 2.75) is 25.8 Å². The van der Waals surface area contributed by atoms with Crippen molar-refractivity contribution in [2.24, 2.45) is 5.92 Å². The monoisotopic (exact) mass is 284 g/mol. The van der Waals surface area contributed by atoms with Crippen LogP contribution in [0.25, 0.3) is 0 Å². The van der Waals surface area contributed by atoms with Gasteiger partial charge in [-0.3, -0.25) is 10.1 Å². The van der Waals surface area contributed by atoms with Crippen LogP contribution in [0.2, 0.25) is 0 Å². The van der Waals surface area contributed by atoms with Gasteiger partial charge in [0.25, 0.3) is 5.69 Å². The van der Waals surface area contributed by atoms with E-state index in [2.05, 4.69) is 28.2 Å². The highest BCUT2D eigenvalue weighted by atomic mass is 79.9. The summed E-state index contributed by atoms with van der Waals surface area (Å²) >= 11 is 3.33. The number of anilines is 1. The van der Waals surface area contributed by atoms with Crippen LogP contribution < -0.4 is 5.32 Å². The van der Waals surface area contributed by atoms with Crippen molar-refractivity contribution in [3.05, 3.63) is 32.8 Å². The Bertz CT molecular complexity index is 422. The molecule has 1 aromatic carbocycles. The van der Waals surface area contributed by atoms with Gasteiger partial charge in [0.15, 0.2) is 0 Å². The van der Waals surface area contributed by atoms with E-state index in [4.69, 9.17) is 0 Å². The number of nitro groups is 1. The lowest BCUT2D eigenvalue weighted by Gasteiger charge is -2.06. The fourth-order valence-electron chi connectivity index (χ4n) is 1.86. The van der Waals surface area contributed by atoms with Crippen molar-refractivity contribution in [1.29, 1.82) is 0 Å². The molecule has 2 unspecified atom stereocenters. The van der Waals surface area contributed by atoms with E-state index in [1.807, 2.05) is 0 Å².